The largest absolute Gasteiger partial charge is 0.352 e. The van der Waals surface area contributed by atoms with E-state index >= 15 is 0 Å². The number of para-hydroxylation sites is 1. The van der Waals surface area contributed by atoms with E-state index < -0.39 is 0 Å². The Kier molecular flexibility index (Phi) is 7.45. The molecule has 0 spiro atoms. The van der Waals surface area contributed by atoms with Crippen LogP contribution in [0.5, 0.6) is 0 Å². The second kappa shape index (κ2) is 10.0. The van der Waals surface area contributed by atoms with E-state index in [1.54, 1.807) is 0 Å². The molecule has 1 saturated carbocycles. The lowest BCUT2D eigenvalue weighted by atomic mass is 10.1. The van der Waals surface area contributed by atoms with Crippen LogP contribution >= 0.6 is 0 Å². The van der Waals surface area contributed by atoms with Crippen molar-refractivity contribution in [1.82, 2.24) is 15.1 Å². The molecule has 0 aromatic heterocycles. The van der Waals surface area contributed by atoms with Crippen LogP contribution in [0.1, 0.15) is 45.1 Å². The lowest BCUT2D eigenvalue weighted by molar-refractivity contribution is -0.127. The average molecular weight is 387 g/mol. The molecule has 1 saturated heterocycles. The van der Waals surface area contributed by atoms with Crippen LogP contribution < -0.4 is 10.6 Å². The van der Waals surface area contributed by atoms with Crippen molar-refractivity contribution in [1.29, 1.82) is 0 Å². The van der Waals surface area contributed by atoms with Gasteiger partial charge in [0.1, 0.15) is 0 Å². The van der Waals surface area contributed by atoms with Crippen molar-refractivity contribution in [3.8, 4) is 0 Å². The number of aryl methyl sites for hydroxylation is 1. The lowest BCUT2D eigenvalue weighted by Gasteiger charge is -2.37. The molecule has 154 valence electrons. The zero-order valence-electron chi connectivity index (χ0n) is 17.2. The van der Waals surface area contributed by atoms with E-state index in [-0.39, 0.29) is 17.9 Å². The van der Waals surface area contributed by atoms with Crippen LogP contribution in [0.4, 0.5) is 5.69 Å². The van der Waals surface area contributed by atoms with Gasteiger partial charge in [0.05, 0.1) is 12.6 Å². The number of hydrogen-bond acceptors (Lipinski definition) is 4. The van der Waals surface area contributed by atoms with E-state index in [4.69, 9.17) is 0 Å². The third-order valence-electron chi connectivity index (χ3n) is 6.08. The van der Waals surface area contributed by atoms with Gasteiger partial charge in [0.2, 0.25) is 11.8 Å². The Morgan fingerprint density at radius 3 is 2.46 bits per heavy atom. The minimum Gasteiger partial charge on any atom is -0.352 e. The number of amides is 2. The van der Waals surface area contributed by atoms with E-state index in [2.05, 4.69) is 27.4 Å². The molecule has 6 nitrogen and oxygen atoms in total. The third-order valence-corrected chi connectivity index (χ3v) is 6.08. The zero-order valence-corrected chi connectivity index (χ0v) is 17.2. The van der Waals surface area contributed by atoms with Crippen LogP contribution in [-0.4, -0.2) is 66.4 Å². The van der Waals surface area contributed by atoms with E-state index in [0.717, 1.165) is 56.7 Å². The fourth-order valence-corrected chi connectivity index (χ4v) is 4.21. The molecule has 0 radical (unpaired) electrons. The fraction of sp³-hybridized carbons (Fsp3) is 0.636. The van der Waals surface area contributed by atoms with Gasteiger partial charge in [-0.15, -0.1) is 0 Å². The predicted octanol–water partition coefficient (Wildman–Crippen LogP) is 2.25. The van der Waals surface area contributed by atoms with Gasteiger partial charge in [-0.25, -0.2) is 0 Å². The number of nitrogens with zero attached hydrogens (tertiary/aromatic N) is 2. The molecular formula is C22H34N4O2. The molecule has 1 heterocycles. The summed E-state index contributed by atoms with van der Waals surface area (Å²) in [4.78, 5) is 29.3. The highest BCUT2D eigenvalue weighted by atomic mass is 16.2. The average Bonchev–Trinajstić information content (AvgIpc) is 3.21. The van der Waals surface area contributed by atoms with Gasteiger partial charge < -0.3 is 10.6 Å². The highest BCUT2D eigenvalue weighted by Gasteiger charge is 2.28. The molecule has 2 N–H and O–H groups in total. The molecule has 2 fully saturated rings. The number of carbonyl (C=O) groups is 2. The van der Waals surface area contributed by atoms with Crippen molar-refractivity contribution in [3.63, 3.8) is 0 Å². The number of rotatable bonds is 7. The Labute approximate surface area is 168 Å². The maximum Gasteiger partial charge on any atom is 0.238 e. The molecule has 1 aromatic carbocycles. The van der Waals surface area contributed by atoms with Gasteiger partial charge in [-0.05, 0) is 37.8 Å². The molecule has 2 aliphatic rings. The normalized spacial score (nSPS) is 20.1. The van der Waals surface area contributed by atoms with Gasteiger partial charge in [0, 0.05) is 37.9 Å². The lowest BCUT2D eigenvalue weighted by Crippen LogP contribution is -2.55. The maximum atomic E-state index is 12.5. The Balaban J connectivity index is 1.42. The number of benzene rings is 1. The van der Waals surface area contributed by atoms with Gasteiger partial charge in [-0.2, -0.15) is 0 Å². The topological polar surface area (TPSA) is 64.7 Å². The minimum absolute atomic E-state index is 0.0291. The summed E-state index contributed by atoms with van der Waals surface area (Å²) in [5.74, 6) is 0.177. The molecule has 1 aliphatic carbocycles. The summed E-state index contributed by atoms with van der Waals surface area (Å²) in [7, 11) is 0. The molecular weight excluding hydrogens is 352 g/mol. The van der Waals surface area contributed by atoms with Crippen molar-refractivity contribution in [2.24, 2.45) is 0 Å². The Morgan fingerprint density at radius 1 is 1.11 bits per heavy atom. The predicted molar refractivity (Wildman–Crippen MR) is 112 cm³/mol. The second-order valence-electron chi connectivity index (χ2n) is 8.04. The third kappa shape index (κ3) is 5.55. The van der Waals surface area contributed by atoms with Gasteiger partial charge >= 0.3 is 0 Å². The monoisotopic (exact) mass is 386 g/mol. The van der Waals surface area contributed by atoms with E-state index in [1.807, 2.05) is 31.2 Å². The summed E-state index contributed by atoms with van der Waals surface area (Å²) in [6, 6.07) is 8.22. The van der Waals surface area contributed by atoms with E-state index in [9.17, 15) is 9.59 Å². The highest BCUT2D eigenvalue weighted by Crippen LogP contribution is 2.18. The smallest absolute Gasteiger partial charge is 0.238 e. The van der Waals surface area contributed by atoms with Crippen LogP contribution in [-0.2, 0) is 16.0 Å². The maximum absolute atomic E-state index is 12.5. The molecule has 0 bridgehead atoms. The van der Waals surface area contributed by atoms with Crippen molar-refractivity contribution >= 4 is 17.5 Å². The summed E-state index contributed by atoms with van der Waals surface area (Å²) in [5, 5.41) is 6.24. The first kappa shape index (κ1) is 20.8. The van der Waals surface area contributed by atoms with Gasteiger partial charge in [0.15, 0.2) is 0 Å². The molecule has 28 heavy (non-hydrogen) atoms. The zero-order chi connectivity index (χ0) is 19.9. The molecule has 1 aromatic rings. The number of nitrogens with one attached hydrogen (secondary N) is 2. The van der Waals surface area contributed by atoms with Crippen molar-refractivity contribution in [2.45, 2.75) is 58.0 Å². The Bertz CT molecular complexity index is 664. The van der Waals surface area contributed by atoms with Crippen LogP contribution in [0.25, 0.3) is 0 Å². The van der Waals surface area contributed by atoms with Crippen LogP contribution in [0, 0.1) is 0 Å². The molecule has 2 amide bonds. The van der Waals surface area contributed by atoms with E-state index in [1.165, 1.54) is 12.8 Å². The quantitative estimate of drug-likeness (QED) is 0.754. The Hall–Kier alpha value is -1.92. The highest BCUT2D eigenvalue weighted by molar-refractivity contribution is 5.93. The van der Waals surface area contributed by atoms with Crippen LogP contribution in [0.15, 0.2) is 24.3 Å². The summed E-state index contributed by atoms with van der Waals surface area (Å²) < 4.78 is 0. The number of hydrogen-bond donors (Lipinski definition) is 2. The summed E-state index contributed by atoms with van der Waals surface area (Å²) in [6.45, 7) is 7.74. The minimum atomic E-state index is -0.104. The first-order chi connectivity index (χ1) is 13.6. The van der Waals surface area contributed by atoms with Gasteiger partial charge in [0.25, 0.3) is 0 Å². The summed E-state index contributed by atoms with van der Waals surface area (Å²) in [5.41, 5.74) is 2.06. The first-order valence-corrected chi connectivity index (χ1v) is 10.7. The number of anilines is 1. The molecule has 1 unspecified atom stereocenters. The summed E-state index contributed by atoms with van der Waals surface area (Å²) >= 11 is 0. The molecule has 1 aliphatic heterocycles. The van der Waals surface area contributed by atoms with E-state index in [0.29, 0.717) is 12.6 Å². The second-order valence-corrected chi connectivity index (χ2v) is 8.04. The van der Waals surface area contributed by atoms with Crippen LogP contribution in [0.2, 0.25) is 0 Å². The first-order valence-electron chi connectivity index (χ1n) is 10.7. The van der Waals surface area contributed by atoms with Crippen molar-refractivity contribution in [2.75, 3.05) is 38.0 Å². The van der Waals surface area contributed by atoms with Crippen LogP contribution in [0.3, 0.4) is 0 Å². The Morgan fingerprint density at radius 2 is 1.79 bits per heavy atom. The standard InChI is InChI=1S/C22H34N4O2/c1-3-18-8-4-7-11-20(18)24-21(27)16-25-12-14-26(15-13-25)17(2)22(28)23-19-9-5-6-10-19/h4,7-8,11,17,19H,3,5-6,9-10,12-16H2,1-2H3,(H,23,28)(H,24,27). The van der Waals surface area contributed by atoms with Crippen molar-refractivity contribution < 1.29 is 9.59 Å². The molecule has 3 rings (SSSR count). The molecule has 6 heteroatoms. The SMILES string of the molecule is CCc1ccccc1NC(=O)CN1CCN(C(C)C(=O)NC2CCCC2)CC1. The fourth-order valence-electron chi connectivity index (χ4n) is 4.21. The van der Waals surface area contributed by atoms with Crippen molar-refractivity contribution in [3.05, 3.63) is 29.8 Å². The van der Waals surface area contributed by atoms with Gasteiger partial charge in [-0.1, -0.05) is 38.0 Å². The molecule has 1 atom stereocenters. The summed E-state index contributed by atoms with van der Waals surface area (Å²) in [6.07, 6.45) is 5.58. The number of piperazine rings is 1. The number of carbonyl (C=O) groups excluding carboxylic acids is 2. The van der Waals surface area contributed by atoms with Gasteiger partial charge in [-0.3, -0.25) is 19.4 Å².